The molecule has 0 spiro atoms. The summed E-state index contributed by atoms with van der Waals surface area (Å²) in [6.07, 6.45) is -2.51. The highest BCUT2D eigenvalue weighted by Gasteiger charge is 2.30. The van der Waals surface area contributed by atoms with Crippen molar-refractivity contribution < 1.29 is 18.3 Å². The zero-order chi connectivity index (χ0) is 15.4. The van der Waals surface area contributed by atoms with E-state index >= 15 is 0 Å². The van der Waals surface area contributed by atoms with Crippen LogP contribution >= 0.6 is 23.4 Å². The van der Waals surface area contributed by atoms with Crippen molar-refractivity contribution in [1.82, 2.24) is 5.32 Å². The number of hydrogen-bond donors (Lipinski definition) is 2. The van der Waals surface area contributed by atoms with Crippen molar-refractivity contribution in [3.05, 3.63) is 34.3 Å². The quantitative estimate of drug-likeness (QED) is 0.838. The summed E-state index contributed by atoms with van der Waals surface area (Å²) in [7, 11) is 0. The molecule has 0 radical (unpaired) electrons. The topological polar surface area (TPSA) is 32.3 Å². The second-order valence-corrected chi connectivity index (χ2v) is 6.11. The van der Waals surface area contributed by atoms with Gasteiger partial charge in [0, 0.05) is 23.9 Å². The number of aliphatic hydroxyl groups is 1. The molecule has 0 saturated heterocycles. The summed E-state index contributed by atoms with van der Waals surface area (Å²) in [6, 6.07) is 3.22. The normalized spacial score (nSPS) is 15.2. The van der Waals surface area contributed by atoms with E-state index in [1.54, 1.807) is 6.92 Å². The highest BCUT2D eigenvalue weighted by molar-refractivity contribution is 7.98. The molecule has 1 unspecified atom stereocenters. The van der Waals surface area contributed by atoms with Gasteiger partial charge in [0.25, 0.3) is 0 Å². The summed E-state index contributed by atoms with van der Waals surface area (Å²) in [5.41, 5.74) is -1.27. The predicted molar refractivity (Wildman–Crippen MR) is 77.2 cm³/mol. The van der Waals surface area contributed by atoms with Crippen LogP contribution in [0.3, 0.4) is 0 Å². The molecule has 20 heavy (non-hydrogen) atoms. The third kappa shape index (κ3) is 5.52. The van der Waals surface area contributed by atoms with Gasteiger partial charge >= 0.3 is 6.18 Å². The molecule has 0 saturated carbocycles. The van der Waals surface area contributed by atoms with E-state index in [4.69, 9.17) is 11.6 Å². The van der Waals surface area contributed by atoms with Crippen molar-refractivity contribution in [3.63, 3.8) is 0 Å². The fraction of sp³-hybridized carbons (Fsp3) is 0.538. The van der Waals surface area contributed by atoms with Crippen LogP contribution in [-0.2, 0) is 12.7 Å². The minimum atomic E-state index is -4.39. The fourth-order valence-corrected chi connectivity index (χ4v) is 2.62. The monoisotopic (exact) mass is 327 g/mol. The van der Waals surface area contributed by atoms with Gasteiger partial charge in [-0.15, -0.1) is 0 Å². The number of halogens is 4. The fourth-order valence-electron chi connectivity index (χ4n) is 1.71. The molecule has 0 heterocycles. The van der Waals surface area contributed by atoms with Crippen LogP contribution in [0.5, 0.6) is 0 Å². The lowest BCUT2D eigenvalue weighted by molar-refractivity contribution is -0.137. The first-order chi connectivity index (χ1) is 9.15. The maximum Gasteiger partial charge on any atom is 0.416 e. The van der Waals surface area contributed by atoms with E-state index in [1.165, 1.54) is 17.8 Å². The van der Waals surface area contributed by atoms with Crippen LogP contribution in [-0.4, -0.2) is 29.3 Å². The summed E-state index contributed by atoms with van der Waals surface area (Å²) in [5.74, 6) is 0.538. The van der Waals surface area contributed by atoms with Crippen LogP contribution in [0.25, 0.3) is 0 Å². The number of hydrogen-bond acceptors (Lipinski definition) is 3. The molecule has 1 atom stereocenters. The van der Waals surface area contributed by atoms with Gasteiger partial charge < -0.3 is 10.4 Å². The van der Waals surface area contributed by atoms with E-state index in [2.05, 4.69) is 5.32 Å². The standard InChI is InChI=1S/C13H17ClF3NOS/c1-12(19,8-20-2)7-18-6-9-5-10(13(15,16)17)3-4-11(9)14/h3-5,18-19H,6-8H2,1-2H3. The molecule has 2 N–H and O–H groups in total. The Bertz CT molecular complexity index is 452. The van der Waals surface area contributed by atoms with Crippen molar-refractivity contribution in [1.29, 1.82) is 0 Å². The van der Waals surface area contributed by atoms with Crippen LogP contribution < -0.4 is 5.32 Å². The largest absolute Gasteiger partial charge is 0.416 e. The van der Waals surface area contributed by atoms with Crippen molar-refractivity contribution in [2.75, 3.05) is 18.6 Å². The molecule has 1 aromatic rings. The van der Waals surface area contributed by atoms with Gasteiger partial charge in [0.2, 0.25) is 0 Å². The number of alkyl halides is 3. The van der Waals surface area contributed by atoms with Gasteiger partial charge in [-0.3, -0.25) is 0 Å². The zero-order valence-corrected chi connectivity index (χ0v) is 12.8. The van der Waals surface area contributed by atoms with Crippen molar-refractivity contribution >= 4 is 23.4 Å². The smallest absolute Gasteiger partial charge is 0.388 e. The Morgan fingerprint density at radius 3 is 2.55 bits per heavy atom. The highest BCUT2D eigenvalue weighted by Crippen LogP contribution is 2.31. The van der Waals surface area contributed by atoms with E-state index in [0.29, 0.717) is 11.3 Å². The summed E-state index contributed by atoms with van der Waals surface area (Å²) in [4.78, 5) is 0. The molecule has 0 amide bonds. The van der Waals surface area contributed by atoms with Crippen LogP contribution in [0.2, 0.25) is 5.02 Å². The Kier molecular flexibility index (Phi) is 6.19. The van der Waals surface area contributed by atoms with Gasteiger partial charge in [0.05, 0.1) is 11.2 Å². The van der Waals surface area contributed by atoms with Crippen molar-refractivity contribution in [3.8, 4) is 0 Å². The number of nitrogens with one attached hydrogen (secondary N) is 1. The summed E-state index contributed by atoms with van der Waals surface area (Å²) < 4.78 is 37.8. The SMILES string of the molecule is CSCC(C)(O)CNCc1cc(C(F)(F)F)ccc1Cl. The molecule has 0 fully saturated rings. The van der Waals surface area contributed by atoms with Crippen LogP contribution in [0.15, 0.2) is 18.2 Å². The molecular weight excluding hydrogens is 311 g/mol. The van der Waals surface area contributed by atoms with Gasteiger partial charge in [0.15, 0.2) is 0 Å². The van der Waals surface area contributed by atoms with Gasteiger partial charge in [-0.25, -0.2) is 0 Å². The first kappa shape index (κ1) is 17.6. The Morgan fingerprint density at radius 1 is 1.35 bits per heavy atom. The van der Waals surface area contributed by atoms with Gasteiger partial charge in [-0.2, -0.15) is 24.9 Å². The van der Waals surface area contributed by atoms with Gasteiger partial charge in [-0.05, 0) is 36.9 Å². The first-order valence-corrected chi connectivity index (χ1v) is 7.70. The van der Waals surface area contributed by atoms with Crippen LogP contribution in [0.4, 0.5) is 13.2 Å². The third-order valence-corrected chi connectivity index (χ3v) is 3.93. The molecule has 0 aromatic heterocycles. The summed E-state index contributed by atoms with van der Waals surface area (Å²) in [5, 5.41) is 13.2. The van der Waals surface area contributed by atoms with Gasteiger partial charge in [0.1, 0.15) is 0 Å². The van der Waals surface area contributed by atoms with Crippen LogP contribution in [0, 0.1) is 0 Å². The maximum absolute atomic E-state index is 12.6. The van der Waals surface area contributed by atoms with Crippen molar-refractivity contribution in [2.24, 2.45) is 0 Å². The molecular formula is C13H17ClF3NOS. The van der Waals surface area contributed by atoms with E-state index < -0.39 is 17.3 Å². The molecule has 7 heteroatoms. The summed E-state index contributed by atoms with van der Waals surface area (Å²) in [6.45, 7) is 2.12. The molecule has 0 aliphatic rings. The molecule has 2 nitrogen and oxygen atoms in total. The average molecular weight is 328 g/mol. The summed E-state index contributed by atoms with van der Waals surface area (Å²) >= 11 is 7.38. The zero-order valence-electron chi connectivity index (χ0n) is 11.2. The van der Waals surface area contributed by atoms with E-state index in [1.807, 2.05) is 6.26 Å². The molecule has 0 bridgehead atoms. The minimum Gasteiger partial charge on any atom is -0.388 e. The number of rotatable bonds is 6. The Balaban J connectivity index is 2.69. The number of thioether (sulfide) groups is 1. The van der Waals surface area contributed by atoms with E-state index in [-0.39, 0.29) is 18.1 Å². The van der Waals surface area contributed by atoms with Crippen molar-refractivity contribution in [2.45, 2.75) is 25.2 Å². The molecule has 1 rings (SSSR count). The molecule has 114 valence electrons. The molecule has 0 aliphatic heterocycles. The molecule has 1 aromatic carbocycles. The van der Waals surface area contributed by atoms with E-state index in [9.17, 15) is 18.3 Å². The van der Waals surface area contributed by atoms with E-state index in [0.717, 1.165) is 12.1 Å². The molecule has 0 aliphatic carbocycles. The lowest BCUT2D eigenvalue weighted by atomic mass is 10.1. The van der Waals surface area contributed by atoms with Crippen LogP contribution in [0.1, 0.15) is 18.1 Å². The minimum absolute atomic E-state index is 0.174. The third-order valence-electron chi connectivity index (χ3n) is 2.65. The number of benzene rings is 1. The second kappa shape index (κ2) is 7.02. The maximum atomic E-state index is 12.6. The first-order valence-electron chi connectivity index (χ1n) is 5.93. The predicted octanol–water partition coefficient (Wildman–Crippen LogP) is 3.56. The second-order valence-electron chi connectivity index (χ2n) is 4.84. The average Bonchev–Trinajstić information content (AvgIpc) is 2.29. The Hall–Kier alpha value is -0.430. The Labute approximate surface area is 125 Å². The van der Waals surface area contributed by atoms with Gasteiger partial charge in [-0.1, -0.05) is 11.6 Å². The lowest BCUT2D eigenvalue weighted by Crippen LogP contribution is -2.39. The highest BCUT2D eigenvalue weighted by atomic mass is 35.5. The Morgan fingerprint density at radius 2 is 2.00 bits per heavy atom. The lowest BCUT2D eigenvalue weighted by Gasteiger charge is -2.23.